The lowest BCUT2D eigenvalue weighted by molar-refractivity contribution is -0.126. The van der Waals surface area contributed by atoms with Crippen molar-refractivity contribution in [3.05, 3.63) is 35.9 Å². The van der Waals surface area contributed by atoms with Gasteiger partial charge < -0.3 is 10.6 Å². The number of rotatable bonds is 4. The van der Waals surface area contributed by atoms with Crippen LogP contribution in [0.15, 0.2) is 30.3 Å². The van der Waals surface area contributed by atoms with Crippen molar-refractivity contribution < 1.29 is 4.79 Å². The number of hydrogen-bond donors (Lipinski definition) is 2. The Balaban J connectivity index is 0.00000176. The smallest absolute Gasteiger partial charge is 0.224 e. The highest BCUT2D eigenvalue weighted by Crippen LogP contribution is 2.18. The van der Waals surface area contributed by atoms with Crippen molar-refractivity contribution in [2.75, 3.05) is 26.2 Å². The van der Waals surface area contributed by atoms with E-state index >= 15 is 0 Å². The van der Waals surface area contributed by atoms with Gasteiger partial charge in [0.15, 0.2) is 0 Å². The van der Waals surface area contributed by atoms with Crippen molar-refractivity contribution >= 4 is 18.3 Å². The summed E-state index contributed by atoms with van der Waals surface area (Å²) in [6, 6.07) is 10.9. The topological polar surface area (TPSA) is 44.4 Å². The number of benzene rings is 1. The summed E-state index contributed by atoms with van der Waals surface area (Å²) in [7, 11) is 0. The Hall–Kier alpha value is -1.10. The minimum Gasteiger partial charge on any atom is -0.352 e. The van der Waals surface area contributed by atoms with Gasteiger partial charge in [0.25, 0.3) is 0 Å². The molecule has 1 aromatic rings. The predicted molar refractivity (Wildman–Crippen MR) is 91.0 cm³/mol. The van der Waals surface area contributed by atoms with E-state index in [1.807, 2.05) is 6.07 Å². The van der Waals surface area contributed by atoms with Gasteiger partial charge in [-0.3, -0.25) is 9.69 Å². The third-order valence-corrected chi connectivity index (χ3v) is 4.72. The predicted octanol–water partition coefficient (Wildman–Crippen LogP) is 1.65. The average molecular weight is 324 g/mol. The molecular weight excluding hydrogens is 298 g/mol. The second-order valence-electron chi connectivity index (χ2n) is 6.46. The van der Waals surface area contributed by atoms with Crippen LogP contribution < -0.4 is 10.6 Å². The second kappa shape index (κ2) is 7.95. The molecule has 0 spiro atoms. The summed E-state index contributed by atoms with van der Waals surface area (Å²) in [5.74, 6) is 0.832. The van der Waals surface area contributed by atoms with Gasteiger partial charge in [0, 0.05) is 32.2 Å². The first-order valence-corrected chi connectivity index (χ1v) is 8.00. The van der Waals surface area contributed by atoms with Crippen LogP contribution in [0.2, 0.25) is 0 Å². The van der Waals surface area contributed by atoms with Crippen LogP contribution in [0.5, 0.6) is 0 Å². The minimum atomic E-state index is 0. The van der Waals surface area contributed by atoms with E-state index in [1.165, 1.54) is 5.56 Å². The molecule has 3 rings (SSSR count). The number of nitrogens with one attached hydrogen (secondary N) is 2. The van der Waals surface area contributed by atoms with E-state index in [9.17, 15) is 4.79 Å². The van der Waals surface area contributed by atoms with Gasteiger partial charge in [-0.05, 0) is 24.4 Å². The van der Waals surface area contributed by atoms with Crippen molar-refractivity contribution in [1.82, 2.24) is 15.5 Å². The molecule has 0 aliphatic carbocycles. The summed E-state index contributed by atoms with van der Waals surface area (Å²) in [6.07, 6.45) is 1.06. The standard InChI is InChI=1S/C17H25N3O.ClH/c1-13-9-18-10-16(13)17(21)19-15-7-8-20(12-15)11-14-5-3-2-4-6-14;/h2-6,13,15-16,18H,7-12H2,1H3,(H,19,21);1H/t13-,15?,16-;/m1./s1. The molecule has 2 aliphatic rings. The van der Waals surface area contributed by atoms with Gasteiger partial charge >= 0.3 is 0 Å². The minimum absolute atomic E-state index is 0. The lowest BCUT2D eigenvalue weighted by Gasteiger charge is -2.19. The number of nitrogens with zero attached hydrogens (tertiary/aromatic N) is 1. The van der Waals surface area contributed by atoms with Crippen LogP contribution in [0, 0.1) is 11.8 Å². The summed E-state index contributed by atoms with van der Waals surface area (Å²) in [5, 5.41) is 6.54. The van der Waals surface area contributed by atoms with Crippen LogP contribution in [0.3, 0.4) is 0 Å². The molecule has 122 valence electrons. The molecule has 0 radical (unpaired) electrons. The van der Waals surface area contributed by atoms with Crippen LogP contribution in [-0.2, 0) is 11.3 Å². The maximum atomic E-state index is 12.3. The summed E-state index contributed by atoms with van der Waals surface area (Å²) in [5.41, 5.74) is 1.35. The van der Waals surface area contributed by atoms with Gasteiger partial charge in [-0.2, -0.15) is 0 Å². The van der Waals surface area contributed by atoms with Crippen molar-refractivity contribution in [3.8, 4) is 0 Å². The van der Waals surface area contributed by atoms with Crippen molar-refractivity contribution in [1.29, 1.82) is 0 Å². The number of carbonyl (C=O) groups is 1. The Morgan fingerprint density at radius 1 is 1.32 bits per heavy atom. The molecular formula is C17H26ClN3O. The van der Waals surface area contributed by atoms with Gasteiger partial charge in [-0.15, -0.1) is 12.4 Å². The molecule has 1 amide bonds. The molecule has 4 nitrogen and oxygen atoms in total. The van der Waals surface area contributed by atoms with E-state index in [-0.39, 0.29) is 24.2 Å². The lowest BCUT2D eigenvalue weighted by Crippen LogP contribution is -2.42. The van der Waals surface area contributed by atoms with Crippen LogP contribution in [0.25, 0.3) is 0 Å². The van der Waals surface area contributed by atoms with E-state index in [0.717, 1.165) is 39.1 Å². The Kier molecular flexibility index (Phi) is 6.24. The van der Waals surface area contributed by atoms with E-state index in [4.69, 9.17) is 0 Å². The summed E-state index contributed by atoms with van der Waals surface area (Å²) >= 11 is 0. The number of carbonyl (C=O) groups excluding carboxylic acids is 1. The molecule has 2 aliphatic heterocycles. The van der Waals surface area contributed by atoms with E-state index in [0.29, 0.717) is 12.0 Å². The van der Waals surface area contributed by atoms with Gasteiger partial charge in [0.1, 0.15) is 0 Å². The zero-order valence-electron chi connectivity index (χ0n) is 13.1. The lowest BCUT2D eigenvalue weighted by atomic mass is 9.97. The van der Waals surface area contributed by atoms with Crippen LogP contribution in [0.4, 0.5) is 0 Å². The first-order valence-electron chi connectivity index (χ1n) is 8.00. The molecule has 1 aromatic carbocycles. The summed E-state index contributed by atoms with van der Waals surface area (Å²) in [6.45, 7) is 6.96. The van der Waals surface area contributed by atoms with Crippen LogP contribution in [0.1, 0.15) is 18.9 Å². The van der Waals surface area contributed by atoms with Gasteiger partial charge in [-0.1, -0.05) is 37.3 Å². The Morgan fingerprint density at radius 3 is 2.77 bits per heavy atom. The highest BCUT2D eigenvalue weighted by Gasteiger charge is 2.32. The molecule has 3 atom stereocenters. The maximum Gasteiger partial charge on any atom is 0.224 e. The molecule has 0 aromatic heterocycles. The first kappa shape index (κ1) is 17.3. The fraction of sp³-hybridized carbons (Fsp3) is 0.588. The Bertz CT molecular complexity index is 482. The fourth-order valence-corrected chi connectivity index (χ4v) is 3.40. The van der Waals surface area contributed by atoms with E-state index in [1.54, 1.807) is 0 Å². The number of halogens is 1. The molecule has 1 unspecified atom stereocenters. The van der Waals surface area contributed by atoms with Crippen LogP contribution in [-0.4, -0.2) is 43.0 Å². The SMILES string of the molecule is C[C@@H]1CNC[C@H]1C(=O)NC1CCN(Cc2ccccc2)C1.Cl. The molecule has 0 saturated carbocycles. The number of likely N-dealkylation sites (tertiary alicyclic amines) is 1. The molecule has 2 saturated heterocycles. The summed E-state index contributed by atoms with van der Waals surface area (Å²) in [4.78, 5) is 14.7. The highest BCUT2D eigenvalue weighted by atomic mass is 35.5. The molecule has 0 bridgehead atoms. The van der Waals surface area contributed by atoms with Gasteiger partial charge in [-0.25, -0.2) is 0 Å². The third-order valence-electron chi connectivity index (χ3n) is 4.72. The number of hydrogen-bond acceptors (Lipinski definition) is 3. The fourth-order valence-electron chi connectivity index (χ4n) is 3.40. The molecule has 5 heteroatoms. The molecule has 22 heavy (non-hydrogen) atoms. The highest BCUT2D eigenvalue weighted by molar-refractivity contribution is 5.85. The second-order valence-corrected chi connectivity index (χ2v) is 6.46. The van der Waals surface area contributed by atoms with E-state index in [2.05, 4.69) is 46.7 Å². The maximum absolute atomic E-state index is 12.3. The molecule has 2 fully saturated rings. The monoisotopic (exact) mass is 323 g/mol. The zero-order chi connectivity index (χ0) is 14.7. The molecule has 2 N–H and O–H groups in total. The van der Waals surface area contributed by atoms with E-state index < -0.39 is 0 Å². The third kappa shape index (κ3) is 4.22. The van der Waals surface area contributed by atoms with Crippen LogP contribution >= 0.6 is 12.4 Å². The number of amides is 1. The van der Waals surface area contributed by atoms with Gasteiger partial charge in [0.2, 0.25) is 5.91 Å². The zero-order valence-corrected chi connectivity index (χ0v) is 13.9. The largest absolute Gasteiger partial charge is 0.352 e. The van der Waals surface area contributed by atoms with Crippen molar-refractivity contribution in [2.45, 2.75) is 25.9 Å². The molecule has 2 heterocycles. The average Bonchev–Trinajstić information content (AvgIpc) is 3.09. The summed E-state index contributed by atoms with van der Waals surface area (Å²) < 4.78 is 0. The Labute approximate surface area is 139 Å². The normalized spacial score (nSPS) is 28.3. The first-order chi connectivity index (χ1) is 10.2. The van der Waals surface area contributed by atoms with Crippen molar-refractivity contribution in [2.24, 2.45) is 11.8 Å². The Morgan fingerprint density at radius 2 is 2.09 bits per heavy atom. The quantitative estimate of drug-likeness (QED) is 0.885. The van der Waals surface area contributed by atoms with Gasteiger partial charge in [0.05, 0.1) is 5.92 Å². The van der Waals surface area contributed by atoms with Crippen molar-refractivity contribution in [3.63, 3.8) is 0 Å².